The van der Waals surface area contributed by atoms with E-state index in [1.165, 1.54) is 30.0 Å². The van der Waals surface area contributed by atoms with Crippen molar-refractivity contribution in [2.45, 2.75) is 30.6 Å². The molecule has 1 amide bonds. The van der Waals surface area contributed by atoms with Crippen molar-refractivity contribution in [2.24, 2.45) is 0 Å². The number of nitrogens with one attached hydrogen (secondary N) is 1. The van der Waals surface area contributed by atoms with Crippen LogP contribution in [0, 0.1) is 6.92 Å². The molecule has 0 spiro atoms. The van der Waals surface area contributed by atoms with Gasteiger partial charge in [-0.25, -0.2) is 4.98 Å². The number of fused-ring (bicyclic) bond motifs is 1. The summed E-state index contributed by atoms with van der Waals surface area (Å²) in [7, 11) is 0. The molecule has 2 heterocycles. The molecule has 0 fully saturated rings. The van der Waals surface area contributed by atoms with Crippen LogP contribution in [0.5, 0.6) is 0 Å². The molecule has 0 saturated carbocycles. The van der Waals surface area contributed by atoms with Gasteiger partial charge in [-0.2, -0.15) is 13.2 Å². The lowest BCUT2D eigenvalue weighted by atomic mass is 10.1. The Morgan fingerprint density at radius 2 is 1.84 bits per heavy atom. The first-order chi connectivity index (χ1) is 15.3. The van der Waals surface area contributed by atoms with Gasteiger partial charge in [0.05, 0.1) is 28.5 Å². The van der Waals surface area contributed by atoms with Crippen molar-refractivity contribution in [3.63, 3.8) is 0 Å². The topological polar surface area (TPSA) is 59.8 Å². The van der Waals surface area contributed by atoms with Crippen LogP contribution in [-0.4, -0.2) is 20.4 Å². The average molecular weight is 456 g/mol. The number of halogens is 3. The molecule has 4 rings (SSSR count). The van der Waals surface area contributed by atoms with Gasteiger partial charge in [0.15, 0.2) is 5.16 Å². The molecule has 0 aliphatic carbocycles. The third-order valence-corrected chi connectivity index (χ3v) is 5.97. The Kier molecular flexibility index (Phi) is 6.18. The maximum Gasteiger partial charge on any atom is 0.418 e. The van der Waals surface area contributed by atoms with E-state index in [0.717, 1.165) is 17.2 Å². The van der Waals surface area contributed by atoms with Crippen molar-refractivity contribution in [1.82, 2.24) is 14.5 Å². The Morgan fingerprint density at radius 3 is 2.62 bits per heavy atom. The quantitative estimate of drug-likeness (QED) is 0.379. The summed E-state index contributed by atoms with van der Waals surface area (Å²) in [5, 5.41) is 2.99. The van der Waals surface area contributed by atoms with E-state index in [9.17, 15) is 18.0 Å². The molecule has 0 aliphatic heterocycles. The fourth-order valence-corrected chi connectivity index (χ4v) is 4.39. The Morgan fingerprint density at radius 1 is 1.09 bits per heavy atom. The minimum Gasteiger partial charge on any atom is -0.324 e. The largest absolute Gasteiger partial charge is 0.418 e. The van der Waals surface area contributed by atoms with E-state index in [0.29, 0.717) is 21.9 Å². The number of carbonyl (C=O) groups is 1. The van der Waals surface area contributed by atoms with E-state index in [4.69, 9.17) is 0 Å². The van der Waals surface area contributed by atoms with Crippen LogP contribution in [0.2, 0.25) is 0 Å². The summed E-state index contributed by atoms with van der Waals surface area (Å²) in [4.78, 5) is 21.4. The molecule has 2 aromatic heterocycles. The number of carbonyl (C=O) groups excluding carboxylic acids is 1. The van der Waals surface area contributed by atoms with Gasteiger partial charge in [0, 0.05) is 11.9 Å². The first kappa shape index (κ1) is 21.9. The molecule has 9 heteroatoms. The Bertz CT molecular complexity index is 1270. The monoisotopic (exact) mass is 456 g/mol. The van der Waals surface area contributed by atoms with Crippen LogP contribution in [-0.2, 0) is 23.3 Å². The standard InChI is InChI=1S/C23H19F3N4OS/c1-15-6-2-3-7-16(15)14-32-22-29-19-10-11-27-12-20(19)30(22)13-21(31)28-18-9-5-4-8-17(18)23(24,25)26/h2-12H,13-14H2,1H3,(H,28,31). The van der Waals surface area contributed by atoms with Gasteiger partial charge in [-0.15, -0.1) is 0 Å². The molecule has 0 radical (unpaired) electrons. The summed E-state index contributed by atoms with van der Waals surface area (Å²) in [5.41, 5.74) is 2.42. The lowest BCUT2D eigenvalue weighted by molar-refractivity contribution is -0.137. The lowest BCUT2D eigenvalue weighted by Gasteiger charge is -2.14. The zero-order chi connectivity index (χ0) is 22.7. The van der Waals surface area contributed by atoms with Crippen LogP contribution in [0.25, 0.3) is 11.0 Å². The fourth-order valence-electron chi connectivity index (χ4n) is 3.30. The highest BCUT2D eigenvalue weighted by atomic mass is 32.2. The van der Waals surface area contributed by atoms with Crippen molar-refractivity contribution >= 4 is 34.4 Å². The van der Waals surface area contributed by atoms with Crippen molar-refractivity contribution in [2.75, 3.05) is 5.32 Å². The number of hydrogen-bond acceptors (Lipinski definition) is 4. The van der Waals surface area contributed by atoms with Gasteiger partial charge in [-0.05, 0) is 36.2 Å². The number of amides is 1. The van der Waals surface area contributed by atoms with Crippen LogP contribution in [0.1, 0.15) is 16.7 Å². The fraction of sp³-hybridized carbons (Fsp3) is 0.174. The number of aryl methyl sites for hydroxylation is 1. The lowest BCUT2D eigenvalue weighted by Crippen LogP contribution is -2.21. The summed E-state index contributed by atoms with van der Waals surface area (Å²) < 4.78 is 41.5. The molecule has 1 N–H and O–H groups in total. The summed E-state index contributed by atoms with van der Waals surface area (Å²) in [5.74, 6) is 0.0599. The molecule has 0 aliphatic rings. The molecular formula is C23H19F3N4OS. The Labute approximate surface area is 186 Å². The number of rotatable bonds is 6. The van der Waals surface area contributed by atoms with Gasteiger partial charge in [0.1, 0.15) is 6.54 Å². The molecule has 4 aromatic rings. The molecule has 0 atom stereocenters. The highest BCUT2D eigenvalue weighted by molar-refractivity contribution is 7.98. The van der Waals surface area contributed by atoms with Crippen LogP contribution in [0.4, 0.5) is 18.9 Å². The Hall–Kier alpha value is -3.33. The van der Waals surface area contributed by atoms with Crippen molar-refractivity contribution in [3.05, 3.63) is 83.7 Å². The molecule has 32 heavy (non-hydrogen) atoms. The second-order valence-electron chi connectivity index (χ2n) is 7.15. The van der Waals surface area contributed by atoms with Crippen molar-refractivity contribution in [3.8, 4) is 0 Å². The van der Waals surface area contributed by atoms with Crippen LogP contribution in [0.3, 0.4) is 0 Å². The van der Waals surface area contributed by atoms with Crippen LogP contribution < -0.4 is 5.32 Å². The normalized spacial score (nSPS) is 11.6. The van der Waals surface area contributed by atoms with Gasteiger partial charge in [0.25, 0.3) is 0 Å². The summed E-state index contributed by atoms with van der Waals surface area (Å²) in [6, 6.07) is 14.6. The summed E-state index contributed by atoms with van der Waals surface area (Å²) in [6.45, 7) is 1.83. The molecule has 5 nitrogen and oxygen atoms in total. The number of para-hydroxylation sites is 1. The Balaban J connectivity index is 1.59. The number of benzene rings is 2. The second-order valence-corrected chi connectivity index (χ2v) is 8.09. The number of pyridine rings is 1. The van der Waals surface area contributed by atoms with Gasteiger partial charge < -0.3 is 9.88 Å². The van der Waals surface area contributed by atoms with Crippen LogP contribution in [0.15, 0.2) is 72.1 Å². The maximum atomic E-state index is 13.3. The number of imidazole rings is 1. The highest BCUT2D eigenvalue weighted by Crippen LogP contribution is 2.34. The molecule has 2 aromatic carbocycles. The van der Waals surface area contributed by atoms with E-state index in [1.54, 1.807) is 23.0 Å². The zero-order valence-electron chi connectivity index (χ0n) is 17.1. The van der Waals surface area contributed by atoms with Crippen molar-refractivity contribution in [1.29, 1.82) is 0 Å². The van der Waals surface area contributed by atoms with E-state index >= 15 is 0 Å². The zero-order valence-corrected chi connectivity index (χ0v) is 17.9. The molecule has 0 saturated heterocycles. The molecule has 0 unspecified atom stereocenters. The predicted molar refractivity (Wildman–Crippen MR) is 118 cm³/mol. The average Bonchev–Trinajstić information content (AvgIpc) is 3.10. The minimum absolute atomic E-state index is 0.190. The maximum absolute atomic E-state index is 13.3. The number of nitrogens with zero attached hydrogens (tertiary/aromatic N) is 3. The first-order valence-corrected chi connectivity index (χ1v) is 10.7. The van der Waals surface area contributed by atoms with Crippen molar-refractivity contribution < 1.29 is 18.0 Å². The number of alkyl halides is 3. The number of hydrogen-bond donors (Lipinski definition) is 1. The summed E-state index contributed by atoms with van der Waals surface area (Å²) >= 11 is 1.46. The number of anilines is 1. The highest BCUT2D eigenvalue weighted by Gasteiger charge is 2.33. The van der Waals surface area contributed by atoms with E-state index in [-0.39, 0.29) is 12.2 Å². The SMILES string of the molecule is Cc1ccccc1CSc1nc2ccncc2n1CC(=O)Nc1ccccc1C(F)(F)F. The second kappa shape index (κ2) is 9.04. The minimum atomic E-state index is -4.57. The van der Waals surface area contributed by atoms with Crippen LogP contribution >= 0.6 is 11.8 Å². The smallest absolute Gasteiger partial charge is 0.324 e. The molecule has 0 bridgehead atoms. The molecule has 164 valence electrons. The summed E-state index contributed by atoms with van der Waals surface area (Å²) in [6.07, 6.45) is -1.36. The third-order valence-electron chi connectivity index (χ3n) is 4.94. The van der Waals surface area contributed by atoms with E-state index < -0.39 is 17.6 Å². The van der Waals surface area contributed by atoms with Gasteiger partial charge in [0.2, 0.25) is 5.91 Å². The van der Waals surface area contributed by atoms with E-state index in [1.807, 2.05) is 31.2 Å². The van der Waals surface area contributed by atoms with E-state index in [2.05, 4.69) is 15.3 Å². The first-order valence-electron chi connectivity index (χ1n) is 9.76. The number of aromatic nitrogens is 3. The predicted octanol–water partition coefficient (Wildman–Crippen LogP) is 5.69. The third kappa shape index (κ3) is 4.77. The van der Waals surface area contributed by atoms with Gasteiger partial charge in [-0.3, -0.25) is 9.78 Å². The van der Waals surface area contributed by atoms with Gasteiger partial charge in [-0.1, -0.05) is 48.2 Å². The van der Waals surface area contributed by atoms with Gasteiger partial charge >= 0.3 is 6.18 Å². The number of thioether (sulfide) groups is 1. The molecular weight excluding hydrogens is 437 g/mol.